The van der Waals surface area contributed by atoms with Crippen LogP contribution in [0.4, 0.5) is 18.9 Å². The second-order valence-electron chi connectivity index (χ2n) is 5.00. The highest BCUT2D eigenvalue weighted by Crippen LogP contribution is 2.35. The Bertz CT molecular complexity index is 996. The molecule has 4 nitrogen and oxygen atoms in total. The number of sulfonamides is 1. The monoisotopic (exact) mass is 352 g/mol. The minimum absolute atomic E-state index is 0.112. The molecule has 0 fully saturated rings. The van der Waals surface area contributed by atoms with E-state index in [4.69, 9.17) is 0 Å². The van der Waals surface area contributed by atoms with Gasteiger partial charge in [0.2, 0.25) is 0 Å². The van der Waals surface area contributed by atoms with Crippen LogP contribution in [0.15, 0.2) is 65.8 Å². The molecule has 0 aliphatic heterocycles. The van der Waals surface area contributed by atoms with Gasteiger partial charge in [0.25, 0.3) is 10.0 Å². The standard InChI is InChI=1S/C16H11F3N2O2S/c17-16(18,19)13-5-1-2-6-14(13)21-24(22,23)15-7-3-4-11-10-20-9-8-12(11)15/h1-10,21H. The van der Waals surface area contributed by atoms with Gasteiger partial charge in [-0.15, -0.1) is 0 Å². The van der Waals surface area contributed by atoms with Crippen molar-refractivity contribution in [3.8, 4) is 0 Å². The van der Waals surface area contributed by atoms with Crippen molar-refractivity contribution in [2.45, 2.75) is 11.1 Å². The van der Waals surface area contributed by atoms with Gasteiger partial charge in [-0.2, -0.15) is 13.2 Å². The second-order valence-corrected chi connectivity index (χ2v) is 6.65. The Labute approximate surface area is 136 Å². The molecule has 0 aliphatic carbocycles. The quantitative estimate of drug-likeness (QED) is 0.773. The van der Waals surface area contributed by atoms with Gasteiger partial charge in [0.15, 0.2) is 0 Å². The lowest BCUT2D eigenvalue weighted by atomic mass is 10.2. The largest absolute Gasteiger partial charge is 0.418 e. The van der Waals surface area contributed by atoms with Crippen molar-refractivity contribution < 1.29 is 21.6 Å². The van der Waals surface area contributed by atoms with E-state index in [1.165, 1.54) is 42.7 Å². The first-order valence-electron chi connectivity index (χ1n) is 6.81. The maximum atomic E-state index is 13.0. The first-order chi connectivity index (χ1) is 11.3. The van der Waals surface area contributed by atoms with Crippen molar-refractivity contribution in [2.75, 3.05) is 4.72 Å². The summed E-state index contributed by atoms with van der Waals surface area (Å²) in [6, 6.07) is 10.4. The predicted molar refractivity (Wildman–Crippen MR) is 84.0 cm³/mol. The molecule has 0 saturated carbocycles. The van der Waals surface area contributed by atoms with E-state index in [2.05, 4.69) is 4.98 Å². The van der Waals surface area contributed by atoms with Gasteiger partial charge >= 0.3 is 6.18 Å². The molecule has 0 bridgehead atoms. The molecule has 0 atom stereocenters. The number of fused-ring (bicyclic) bond motifs is 1. The second kappa shape index (κ2) is 5.79. The van der Waals surface area contributed by atoms with Crippen molar-refractivity contribution in [3.05, 3.63) is 66.5 Å². The van der Waals surface area contributed by atoms with Crippen LogP contribution >= 0.6 is 0 Å². The Morgan fingerprint density at radius 1 is 0.958 bits per heavy atom. The van der Waals surface area contributed by atoms with Gasteiger partial charge in [0.05, 0.1) is 16.1 Å². The van der Waals surface area contributed by atoms with E-state index in [9.17, 15) is 21.6 Å². The lowest BCUT2D eigenvalue weighted by Gasteiger charge is -2.15. The van der Waals surface area contributed by atoms with Crippen LogP contribution in [-0.2, 0) is 16.2 Å². The minimum atomic E-state index is -4.66. The van der Waals surface area contributed by atoms with Crippen LogP contribution in [0.2, 0.25) is 0 Å². The van der Waals surface area contributed by atoms with Crippen LogP contribution in [0.1, 0.15) is 5.56 Å². The summed E-state index contributed by atoms with van der Waals surface area (Å²) in [6.45, 7) is 0. The smallest absolute Gasteiger partial charge is 0.279 e. The van der Waals surface area contributed by atoms with Gasteiger partial charge in [0, 0.05) is 23.2 Å². The molecule has 1 aromatic heterocycles. The van der Waals surface area contributed by atoms with E-state index in [0.717, 1.165) is 12.1 Å². The summed E-state index contributed by atoms with van der Waals surface area (Å²) < 4.78 is 66.3. The zero-order valence-electron chi connectivity index (χ0n) is 12.1. The highest BCUT2D eigenvalue weighted by molar-refractivity contribution is 7.93. The Balaban J connectivity index is 2.10. The number of para-hydroxylation sites is 1. The number of nitrogens with one attached hydrogen (secondary N) is 1. The lowest BCUT2D eigenvalue weighted by Crippen LogP contribution is -2.17. The van der Waals surface area contributed by atoms with Crippen LogP contribution in [0, 0.1) is 0 Å². The summed E-state index contributed by atoms with van der Waals surface area (Å²) in [5, 5.41) is 0.953. The van der Waals surface area contributed by atoms with Crippen molar-refractivity contribution in [1.29, 1.82) is 0 Å². The molecule has 3 rings (SSSR count). The molecule has 0 aliphatic rings. The summed E-state index contributed by atoms with van der Waals surface area (Å²) in [4.78, 5) is 3.79. The highest BCUT2D eigenvalue weighted by atomic mass is 32.2. The van der Waals surface area contributed by atoms with E-state index < -0.39 is 27.5 Å². The molecule has 8 heteroatoms. The maximum Gasteiger partial charge on any atom is 0.418 e. The SMILES string of the molecule is O=S(=O)(Nc1ccccc1C(F)(F)F)c1cccc2cnccc12. The molecule has 1 heterocycles. The minimum Gasteiger partial charge on any atom is -0.279 e. The number of aromatic nitrogens is 1. The first kappa shape index (κ1) is 16.3. The van der Waals surface area contributed by atoms with E-state index in [1.54, 1.807) is 6.07 Å². The van der Waals surface area contributed by atoms with Crippen LogP contribution in [-0.4, -0.2) is 13.4 Å². The van der Waals surface area contributed by atoms with Crippen LogP contribution in [0.5, 0.6) is 0 Å². The number of hydrogen-bond acceptors (Lipinski definition) is 3. The fraction of sp³-hybridized carbons (Fsp3) is 0.0625. The van der Waals surface area contributed by atoms with Crippen molar-refractivity contribution in [1.82, 2.24) is 4.98 Å². The zero-order chi connectivity index (χ0) is 17.4. The molecule has 124 valence electrons. The Morgan fingerprint density at radius 2 is 1.71 bits per heavy atom. The summed E-state index contributed by atoms with van der Waals surface area (Å²) in [6.07, 6.45) is -1.76. The van der Waals surface area contributed by atoms with Gasteiger partial charge in [-0.3, -0.25) is 9.71 Å². The number of halogens is 3. The molecule has 0 radical (unpaired) electrons. The zero-order valence-corrected chi connectivity index (χ0v) is 12.9. The first-order valence-corrected chi connectivity index (χ1v) is 8.29. The van der Waals surface area contributed by atoms with Crippen molar-refractivity contribution in [3.63, 3.8) is 0 Å². The highest BCUT2D eigenvalue weighted by Gasteiger charge is 2.34. The number of hydrogen-bond donors (Lipinski definition) is 1. The molecule has 3 aromatic rings. The molecular formula is C16H11F3N2O2S. The number of anilines is 1. The molecule has 0 saturated heterocycles. The van der Waals surface area contributed by atoms with Gasteiger partial charge < -0.3 is 0 Å². The molecule has 0 amide bonds. The van der Waals surface area contributed by atoms with E-state index in [1.807, 2.05) is 4.72 Å². The van der Waals surface area contributed by atoms with Crippen LogP contribution < -0.4 is 4.72 Å². The lowest BCUT2D eigenvalue weighted by molar-refractivity contribution is -0.136. The third kappa shape index (κ3) is 3.05. The Kier molecular flexibility index (Phi) is 3.92. The Hall–Kier alpha value is -2.61. The third-order valence-corrected chi connectivity index (χ3v) is 4.83. The average molecular weight is 352 g/mol. The summed E-state index contributed by atoms with van der Waals surface area (Å²) >= 11 is 0. The molecule has 2 aromatic carbocycles. The van der Waals surface area contributed by atoms with Crippen molar-refractivity contribution >= 4 is 26.5 Å². The van der Waals surface area contributed by atoms with Gasteiger partial charge in [0.1, 0.15) is 0 Å². The third-order valence-electron chi connectivity index (χ3n) is 3.41. The molecule has 0 spiro atoms. The fourth-order valence-electron chi connectivity index (χ4n) is 2.35. The number of rotatable bonds is 3. The topological polar surface area (TPSA) is 59.1 Å². The predicted octanol–water partition coefficient (Wildman–Crippen LogP) is 4.05. The summed E-state index contributed by atoms with van der Waals surface area (Å²) in [5.74, 6) is 0. The van der Waals surface area contributed by atoms with Gasteiger partial charge in [-0.1, -0.05) is 24.3 Å². The van der Waals surface area contributed by atoms with Crippen LogP contribution in [0.3, 0.4) is 0 Å². The van der Waals surface area contributed by atoms with Gasteiger partial charge in [-0.25, -0.2) is 8.42 Å². The molecule has 1 N–H and O–H groups in total. The summed E-state index contributed by atoms with van der Waals surface area (Å²) in [7, 11) is -4.20. The van der Waals surface area contributed by atoms with Crippen molar-refractivity contribution in [2.24, 2.45) is 0 Å². The van der Waals surface area contributed by atoms with E-state index >= 15 is 0 Å². The van der Waals surface area contributed by atoms with E-state index in [-0.39, 0.29) is 4.90 Å². The molecular weight excluding hydrogens is 341 g/mol. The number of benzene rings is 2. The summed E-state index contributed by atoms with van der Waals surface area (Å²) in [5.41, 5.74) is -1.56. The molecule has 0 unspecified atom stereocenters. The maximum absolute atomic E-state index is 13.0. The number of nitrogens with zero attached hydrogens (tertiary/aromatic N) is 1. The fourth-order valence-corrected chi connectivity index (χ4v) is 3.66. The normalized spacial score (nSPS) is 12.3. The Morgan fingerprint density at radius 3 is 2.46 bits per heavy atom. The number of pyridine rings is 1. The van der Waals surface area contributed by atoms with Gasteiger partial charge in [-0.05, 0) is 24.3 Å². The number of alkyl halides is 3. The van der Waals surface area contributed by atoms with Crippen LogP contribution in [0.25, 0.3) is 10.8 Å². The van der Waals surface area contributed by atoms with E-state index in [0.29, 0.717) is 10.8 Å². The average Bonchev–Trinajstić information content (AvgIpc) is 2.53. The molecule has 24 heavy (non-hydrogen) atoms.